The Labute approximate surface area is 175 Å². The molecule has 0 aromatic heterocycles. The molecule has 0 saturated carbocycles. The normalized spacial score (nSPS) is 21.2. The molecule has 0 spiro atoms. The van der Waals surface area contributed by atoms with Gasteiger partial charge in [-0.15, -0.1) is 12.4 Å². The lowest BCUT2D eigenvalue weighted by Crippen LogP contribution is -2.43. The molecule has 3 rings (SSSR count). The van der Waals surface area contributed by atoms with Gasteiger partial charge in [0.1, 0.15) is 0 Å². The first-order chi connectivity index (χ1) is 13.0. The third kappa shape index (κ3) is 5.69. The number of carbonyl (C=O) groups is 1. The van der Waals surface area contributed by atoms with Gasteiger partial charge in [-0.1, -0.05) is 18.6 Å². The Hall–Kier alpha value is -1.15. The van der Waals surface area contributed by atoms with Crippen LogP contribution in [0, 0.1) is 5.92 Å². The molecular weight excluding hydrogens is 398 g/mol. The van der Waals surface area contributed by atoms with E-state index in [-0.39, 0.29) is 18.3 Å². The van der Waals surface area contributed by atoms with Gasteiger partial charge in [-0.3, -0.25) is 4.79 Å². The van der Waals surface area contributed by atoms with Crippen molar-refractivity contribution in [3.05, 3.63) is 29.8 Å². The number of piperidine rings is 2. The molecule has 1 atom stereocenters. The molecule has 0 radical (unpaired) electrons. The Morgan fingerprint density at radius 3 is 2.39 bits per heavy atom. The topological polar surface area (TPSA) is 69.7 Å². The van der Waals surface area contributed by atoms with Crippen LogP contribution in [0.3, 0.4) is 0 Å². The summed E-state index contributed by atoms with van der Waals surface area (Å²) in [6.07, 6.45) is 5.49. The van der Waals surface area contributed by atoms with Gasteiger partial charge < -0.3 is 10.2 Å². The highest BCUT2D eigenvalue weighted by molar-refractivity contribution is 7.89. The van der Waals surface area contributed by atoms with Crippen LogP contribution in [0.5, 0.6) is 0 Å². The van der Waals surface area contributed by atoms with Crippen molar-refractivity contribution in [2.45, 2.75) is 43.4 Å². The Balaban J connectivity index is 0.00000280. The summed E-state index contributed by atoms with van der Waals surface area (Å²) in [6, 6.07) is 6.85. The summed E-state index contributed by atoms with van der Waals surface area (Å²) in [4.78, 5) is 14.9. The van der Waals surface area contributed by atoms with E-state index < -0.39 is 10.0 Å². The first-order valence-electron chi connectivity index (χ1n) is 10.0. The molecule has 1 N–H and O–H groups in total. The van der Waals surface area contributed by atoms with Crippen molar-refractivity contribution >= 4 is 28.3 Å². The molecule has 0 aliphatic carbocycles. The SMILES string of the molecule is CNCC1CCCN(C(=O)Cc2ccc(S(=O)(=O)N3CCCCC3)cc2)C1.Cl. The predicted molar refractivity (Wildman–Crippen MR) is 113 cm³/mol. The summed E-state index contributed by atoms with van der Waals surface area (Å²) in [5, 5.41) is 3.20. The van der Waals surface area contributed by atoms with E-state index >= 15 is 0 Å². The fourth-order valence-electron chi connectivity index (χ4n) is 4.07. The minimum atomic E-state index is -3.41. The number of hydrogen-bond donors (Lipinski definition) is 1. The maximum Gasteiger partial charge on any atom is 0.243 e. The minimum Gasteiger partial charge on any atom is -0.342 e. The molecule has 1 aromatic carbocycles. The third-order valence-corrected chi connectivity index (χ3v) is 7.51. The van der Waals surface area contributed by atoms with Crippen molar-refractivity contribution in [2.24, 2.45) is 5.92 Å². The Morgan fingerprint density at radius 2 is 1.75 bits per heavy atom. The summed E-state index contributed by atoms with van der Waals surface area (Å²) in [6.45, 7) is 3.77. The average Bonchev–Trinajstić information content (AvgIpc) is 2.69. The fraction of sp³-hybridized carbons (Fsp3) is 0.650. The minimum absolute atomic E-state index is 0. The zero-order valence-electron chi connectivity index (χ0n) is 16.6. The Morgan fingerprint density at radius 1 is 1.07 bits per heavy atom. The van der Waals surface area contributed by atoms with Crippen molar-refractivity contribution in [1.29, 1.82) is 0 Å². The number of hydrogen-bond acceptors (Lipinski definition) is 4. The lowest BCUT2D eigenvalue weighted by atomic mass is 9.97. The van der Waals surface area contributed by atoms with Gasteiger partial charge in [0.05, 0.1) is 11.3 Å². The number of benzene rings is 1. The van der Waals surface area contributed by atoms with Gasteiger partial charge in [0.2, 0.25) is 15.9 Å². The van der Waals surface area contributed by atoms with Crippen LogP contribution in [0.4, 0.5) is 0 Å². The molecular formula is C20H32ClN3O3S. The summed E-state index contributed by atoms with van der Waals surface area (Å²) >= 11 is 0. The van der Waals surface area contributed by atoms with Gasteiger partial charge in [-0.2, -0.15) is 4.31 Å². The maximum atomic E-state index is 12.7. The first kappa shape index (κ1) is 23.1. The number of carbonyl (C=O) groups excluding carboxylic acids is 1. The summed E-state index contributed by atoms with van der Waals surface area (Å²) in [7, 11) is -1.47. The lowest BCUT2D eigenvalue weighted by molar-refractivity contribution is -0.132. The number of rotatable bonds is 6. The third-order valence-electron chi connectivity index (χ3n) is 5.60. The second-order valence-corrected chi connectivity index (χ2v) is 9.63. The van der Waals surface area contributed by atoms with Gasteiger partial charge in [0, 0.05) is 26.2 Å². The largest absolute Gasteiger partial charge is 0.342 e. The van der Waals surface area contributed by atoms with Crippen molar-refractivity contribution < 1.29 is 13.2 Å². The zero-order chi connectivity index (χ0) is 19.3. The number of nitrogens with zero attached hydrogens (tertiary/aromatic N) is 2. The van der Waals surface area contributed by atoms with Gasteiger partial charge >= 0.3 is 0 Å². The van der Waals surface area contributed by atoms with Gasteiger partial charge in [-0.05, 0) is 62.9 Å². The zero-order valence-corrected chi connectivity index (χ0v) is 18.2. The van der Waals surface area contributed by atoms with E-state index in [1.165, 1.54) is 0 Å². The van der Waals surface area contributed by atoms with Crippen LogP contribution < -0.4 is 5.32 Å². The lowest BCUT2D eigenvalue weighted by Gasteiger charge is -2.32. The molecule has 1 unspecified atom stereocenters. The van der Waals surface area contributed by atoms with E-state index in [4.69, 9.17) is 0 Å². The van der Waals surface area contributed by atoms with E-state index in [1.807, 2.05) is 11.9 Å². The van der Waals surface area contributed by atoms with Crippen molar-refractivity contribution in [1.82, 2.24) is 14.5 Å². The standard InChI is InChI=1S/C20H31N3O3S.ClH/c1-21-15-18-6-5-11-22(16-18)20(24)14-17-7-9-19(10-8-17)27(25,26)23-12-3-2-4-13-23;/h7-10,18,21H,2-6,11-16H2,1H3;1H. The number of nitrogens with one attached hydrogen (secondary N) is 1. The number of amides is 1. The average molecular weight is 430 g/mol. The molecule has 2 aliphatic rings. The molecule has 6 nitrogen and oxygen atoms in total. The number of halogens is 1. The van der Waals surface area contributed by atoms with E-state index in [1.54, 1.807) is 28.6 Å². The molecule has 2 fully saturated rings. The molecule has 8 heteroatoms. The van der Waals surface area contributed by atoms with Crippen molar-refractivity contribution in [3.8, 4) is 0 Å². The van der Waals surface area contributed by atoms with E-state index in [0.29, 0.717) is 30.3 Å². The highest BCUT2D eigenvalue weighted by atomic mass is 35.5. The van der Waals surface area contributed by atoms with Crippen LogP contribution in [0.1, 0.15) is 37.7 Å². The second-order valence-electron chi connectivity index (χ2n) is 7.69. The van der Waals surface area contributed by atoms with E-state index in [0.717, 1.165) is 57.3 Å². The maximum absolute atomic E-state index is 12.7. The van der Waals surface area contributed by atoms with Gasteiger partial charge in [-0.25, -0.2) is 8.42 Å². The predicted octanol–water partition coefficient (Wildman–Crippen LogP) is 2.28. The molecule has 2 saturated heterocycles. The number of sulfonamides is 1. The Kier molecular flexibility index (Phi) is 8.74. The molecule has 158 valence electrons. The van der Waals surface area contributed by atoms with Crippen molar-refractivity contribution in [2.75, 3.05) is 39.8 Å². The smallest absolute Gasteiger partial charge is 0.243 e. The molecule has 1 aromatic rings. The molecule has 28 heavy (non-hydrogen) atoms. The fourth-order valence-corrected chi connectivity index (χ4v) is 5.58. The Bertz CT molecular complexity index is 732. The number of likely N-dealkylation sites (tertiary alicyclic amines) is 1. The second kappa shape index (κ2) is 10.6. The molecule has 2 aliphatic heterocycles. The van der Waals surface area contributed by atoms with Crippen LogP contribution in [-0.2, 0) is 21.2 Å². The first-order valence-corrected chi connectivity index (χ1v) is 11.5. The van der Waals surface area contributed by atoms with E-state index in [2.05, 4.69) is 5.32 Å². The van der Waals surface area contributed by atoms with Crippen molar-refractivity contribution in [3.63, 3.8) is 0 Å². The highest BCUT2D eigenvalue weighted by Crippen LogP contribution is 2.22. The summed E-state index contributed by atoms with van der Waals surface area (Å²) in [5.74, 6) is 0.646. The van der Waals surface area contributed by atoms with E-state index in [9.17, 15) is 13.2 Å². The molecule has 1 amide bonds. The van der Waals surface area contributed by atoms with Gasteiger partial charge in [0.25, 0.3) is 0 Å². The van der Waals surface area contributed by atoms with Crippen LogP contribution in [0.15, 0.2) is 29.2 Å². The van der Waals surface area contributed by atoms with Crippen LogP contribution >= 0.6 is 12.4 Å². The highest BCUT2D eigenvalue weighted by Gasteiger charge is 2.26. The van der Waals surface area contributed by atoms with Gasteiger partial charge in [0.15, 0.2) is 0 Å². The molecule has 2 heterocycles. The quantitative estimate of drug-likeness (QED) is 0.753. The molecule has 0 bridgehead atoms. The summed E-state index contributed by atoms with van der Waals surface area (Å²) < 4.78 is 27.0. The van der Waals surface area contributed by atoms with Crippen LogP contribution in [-0.4, -0.2) is 63.3 Å². The van der Waals surface area contributed by atoms with Crippen LogP contribution in [0.25, 0.3) is 0 Å². The summed E-state index contributed by atoms with van der Waals surface area (Å²) in [5.41, 5.74) is 0.869. The monoisotopic (exact) mass is 429 g/mol. The van der Waals surface area contributed by atoms with Crippen LogP contribution in [0.2, 0.25) is 0 Å².